The number of ether oxygens (including phenoxy) is 1. The van der Waals surface area contributed by atoms with Crippen molar-refractivity contribution >= 4 is 11.6 Å². The van der Waals surface area contributed by atoms with E-state index in [2.05, 4.69) is 9.97 Å². The molecule has 0 unspecified atom stereocenters. The molecule has 3 rings (SSSR count). The van der Waals surface area contributed by atoms with E-state index in [9.17, 15) is 13.6 Å². The predicted molar refractivity (Wildman–Crippen MR) is 93.6 cm³/mol. The van der Waals surface area contributed by atoms with Gasteiger partial charge in [0.15, 0.2) is 11.6 Å². The molecular weight excluding hydrogens is 364 g/mol. The van der Waals surface area contributed by atoms with E-state index < -0.39 is 11.6 Å². The van der Waals surface area contributed by atoms with Gasteiger partial charge in [-0.2, -0.15) is 9.97 Å². The van der Waals surface area contributed by atoms with Crippen molar-refractivity contribution in [3.63, 3.8) is 0 Å². The smallest absolute Gasteiger partial charge is 0.324 e. The first-order chi connectivity index (χ1) is 12.4. The summed E-state index contributed by atoms with van der Waals surface area (Å²) in [5.41, 5.74) is 1.50. The zero-order chi connectivity index (χ0) is 18.8. The van der Waals surface area contributed by atoms with E-state index in [1.165, 1.54) is 6.07 Å². The number of aryl methyl sites for hydroxylation is 2. The van der Waals surface area contributed by atoms with Crippen LogP contribution in [0.3, 0.4) is 0 Å². The van der Waals surface area contributed by atoms with Gasteiger partial charge >= 0.3 is 6.01 Å². The first-order valence-corrected chi connectivity index (χ1v) is 8.14. The van der Waals surface area contributed by atoms with Gasteiger partial charge in [-0.15, -0.1) is 0 Å². The summed E-state index contributed by atoms with van der Waals surface area (Å²) >= 11 is 6.02. The van der Waals surface area contributed by atoms with Gasteiger partial charge in [0.1, 0.15) is 11.0 Å². The molecule has 0 aliphatic carbocycles. The van der Waals surface area contributed by atoms with Gasteiger partial charge in [-0.1, -0.05) is 11.6 Å². The van der Waals surface area contributed by atoms with Crippen molar-refractivity contribution in [3.8, 4) is 23.0 Å². The molecule has 0 radical (unpaired) electrons. The summed E-state index contributed by atoms with van der Waals surface area (Å²) in [6.07, 6.45) is 1.65. The second-order valence-electron chi connectivity index (χ2n) is 5.54. The van der Waals surface area contributed by atoms with Crippen molar-refractivity contribution in [3.05, 3.63) is 69.2 Å². The molecule has 2 aromatic heterocycles. The molecule has 1 aromatic carbocycles. The molecule has 134 valence electrons. The van der Waals surface area contributed by atoms with Crippen LogP contribution in [0.5, 0.6) is 11.8 Å². The second kappa shape index (κ2) is 7.21. The number of hydrogen-bond donors (Lipinski definition) is 0. The van der Waals surface area contributed by atoms with Crippen molar-refractivity contribution in [1.82, 2.24) is 14.5 Å². The maximum atomic E-state index is 13.8. The molecule has 3 aromatic rings. The van der Waals surface area contributed by atoms with Gasteiger partial charge in [0, 0.05) is 36.0 Å². The van der Waals surface area contributed by atoms with Crippen LogP contribution >= 0.6 is 11.6 Å². The standard InChI is InChI=1S/C18H14ClF2N3O2/c1-3-24-9-11(6-10(2)17(24)25)14-8-16(19)23-18(22-14)26-15-5-4-12(20)7-13(15)21/h4-9H,3H2,1-2H3. The SMILES string of the molecule is CCn1cc(-c2cc(Cl)nc(Oc3ccc(F)cc3F)n2)cc(C)c1=O. The van der Waals surface area contributed by atoms with E-state index in [1.54, 1.807) is 23.8 Å². The molecule has 2 heterocycles. The van der Waals surface area contributed by atoms with E-state index in [0.717, 1.165) is 12.1 Å². The third-order valence-electron chi connectivity index (χ3n) is 3.67. The topological polar surface area (TPSA) is 57.0 Å². The third kappa shape index (κ3) is 3.72. The number of benzene rings is 1. The summed E-state index contributed by atoms with van der Waals surface area (Å²) in [5.74, 6) is -1.83. The molecule has 26 heavy (non-hydrogen) atoms. The van der Waals surface area contributed by atoms with E-state index in [4.69, 9.17) is 16.3 Å². The summed E-state index contributed by atoms with van der Waals surface area (Å²) < 4.78 is 33.6. The number of hydrogen-bond acceptors (Lipinski definition) is 4. The molecule has 0 N–H and O–H groups in total. The molecule has 0 amide bonds. The lowest BCUT2D eigenvalue weighted by molar-refractivity contribution is 0.408. The van der Waals surface area contributed by atoms with Crippen LogP contribution in [-0.2, 0) is 6.54 Å². The molecule has 0 saturated heterocycles. The molecule has 8 heteroatoms. The summed E-state index contributed by atoms with van der Waals surface area (Å²) in [7, 11) is 0. The van der Waals surface area contributed by atoms with Crippen LogP contribution in [0.1, 0.15) is 12.5 Å². The van der Waals surface area contributed by atoms with Crippen LogP contribution in [0.15, 0.2) is 41.3 Å². The Hall–Kier alpha value is -2.80. The Morgan fingerprint density at radius 2 is 1.96 bits per heavy atom. The summed E-state index contributed by atoms with van der Waals surface area (Å²) in [6.45, 7) is 4.05. The van der Waals surface area contributed by atoms with Gasteiger partial charge in [-0.3, -0.25) is 4.79 Å². The maximum absolute atomic E-state index is 13.8. The minimum Gasteiger partial charge on any atom is -0.421 e. The van der Waals surface area contributed by atoms with Gasteiger partial charge in [0.2, 0.25) is 0 Å². The van der Waals surface area contributed by atoms with Crippen molar-refractivity contribution < 1.29 is 13.5 Å². The molecule has 0 bridgehead atoms. The largest absolute Gasteiger partial charge is 0.421 e. The summed E-state index contributed by atoms with van der Waals surface area (Å²) in [6, 6.07) is 5.89. The summed E-state index contributed by atoms with van der Waals surface area (Å²) in [4.78, 5) is 20.1. The minimum absolute atomic E-state index is 0.0828. The van der Waals surface area contributed by atoms with Crippen LogP contribution in [-0.4, -0.2) is 14.5 Å². The Morgan fingerprint density at radius 3 is 2.65 bits per heavy atom. The highest BCUT2D eigenvalue weighted by atomic mass is 35.5. The van der Waals surface area contributed by atoms with E-state index in [0.29, 0.717) is 29.4 Å². The van der Waals surface area contributed by atoms with Crippen LogP contribution in [0.2, 0.25) is 5.15 Å². The van der Waals surface area contributed by atoms with Crippen molar-refractivity contribution in [2.75, 3.05) is 0 Å². The van der Waals surface area contributed by atoms with Gasteiger partial charge in [0.25, 0.3) is 5.56 Å². The second-order valence-corrected chi connectivity index (χ2v) is 5.93. The maximum Gasteiger partial charge on any atom is 0.324 e. The quantitative estimate of drug-likeness (QED) is 0.634. The highest BCUT2D eigenvalue weighted by molar-refractivity contribution is 6.29. The van der Waals surface area contributed by atoms with Gasteiger partial charge in [0.05, 0.1) is 5.69 Å². The van der Waals surface area contributed by atoms with E-state index >= 15 is 0 Å². The molecule has 5 nitrogen and oxygen atoms in total. The van der Waals surface area contributed by atoms with Crippen LogP contribution in [0.4, 0.5) is 8.78 Å². The number of halogens is 3. The first-order valence-electron chi connectivity index (χ1n) is 7.76. The Balaban J connectivity index is 2.03. The van der Waals surface area contributed by atoms with E-state index in [1.807, 2.05) is 6.92 Å². The van der Waals surface area contributed by atoms with Crippen molar-refractivity contribution in [2.24, 2.45) is 0 Å². The monoisotopic (exact) mass is 377 g/mol. The molecule has 0 aliphatic heterocycles. The first kappa shape index (κ1) is 18.0. The molecule has 0 atom stereocenters. The minimum atomic E-state index is -0.884. The Morgan fingerprint density at radius 1 is 1.19 bits per heavy atom. The van der Waals surface area contributed by atoms with Crippen LogP contribution in [0.25, 0.3) is 11.3 Å². The number of rotatable bonds is 4. The van der Waals surface area contributed by atoms with Gasteiger partial charge < -0.3 is 9.30 Å². The zero-order valence-corrected chi connectivity index (χ0v) is 14.7. The van der Waals surface area contributed by atoms with Crippen molar-refractivity contribution in [2.45, 2.75) is 20.4 Å². The van der Waals surface area contributed by atoms with Crippen LogP contribution in [0, 0.1) is 18.6 Å². The van der Waals surface area contributed by atoms with Crippen LogP contribution < -0.4 is 10.3 Å². The molecule has 0 saturated carbocycles. The Labute approximate surface area is 152 Å². The normalized spacial score (nSPS) is 10.8. The average Bonchev–Trinajstić information content (AvgIpc) is 2.59. The fourth-order valence-electron chi connectivity index (χ4n) is 2.41. The summed E-state index contributed by atoms with van der Waals surface area (Å²) in [5, 5.41) is 0.0828. The Bertz CT molecular complexity index is 1040. The van der Waals surface area contributed by atoms with Gasteiger partial charge in [-0.25, -0.2) is 8.78 Å². The fraction of sp³-hybridized carbons (Fsp3) is 0.167. The lowest BCUT2D eigenvalue weighted by Gasteiger charge is -2.10. The van der Waals surface area contributed by atoms with Crippen molar-refractivity contribution in [1.29, 1.82) is 0 Å². The lowest BCUT2D eigenvalue weighted by atomic mass is 10.1. The lowest BCUT2D eigenvalue weighted by Crippen LogP contribution is -2.20. The Kier molecular flexibility index (Phi) is 4.99. The zero-order valence-electron chi connectivity index (χ0n) is 14.0. The molecule has 0 aliphatic rings. The highest BCUT2D eigenvalue weighted by Crippen LogP contribution is 2.27. The average molecular weight is 378 g/mol. The molecular formula is C18H14ClF2N3O2. The number of nitrogens with zero attached hydrogens (tertiary/aromatic N) is 3. The predicted octanol–water partition coefficient (Wildman–Crippen LogP) is 4.36. The highest BCUT2D eigenvalue weighted by Gasteiger charge is 2.13. The number of pyridine rings is 1. The van der Waals surface area contributed by atoms with Gasteiger partial charge in [-0.05, 0) is 32.0 Å². The fourth-order valence-corrected chi connectivity index (χ4v) is 2.58. The molecule has 0 spiro atoms. The third-order valence-corrected chi connectivity index (χ3v) is 3.86. The molecule has 0 fully saturated rings. The number of aromatic nitrogens is 3. The van der Waals surface area contributed by atoms with E-state index in [-0.39, 0.29) is 22.5 Å².